The molecule has 18 heavy (non-hydrogen) atoms. The molecule has 0 aromatic heterocycles. The number of amidine groups is 1. The van der Waals surface area contributed by atoms with Gasteiger partial charge in [-0.15, -0.1) is 11.8 Å². The second-order valence-corrected chi connectivity index (χ2v) is 6.10. The van der Waals surface area contributed by atoms with Gasteiger partial charge in [-0.25, -0.2) is 0 Å². The van der Waals surface area contributed by atoms with Crippen molar-refractivity contribution in [1.82, 2.24) is 0 Å². The van der Waals surface area contributed by atoms with Crippen LogP contribution in [0.5, 0.6) is 5.75 Å². The third-order valence-corrected chi connectivity index (χ3v) is 4.07. The standard InChI is InChI=1S/C14H22N2OS/c1-14(2,13(15)16)8-5-9-18-12-7-4-6-11(10-12)17-3/h4,6-7,10H,5,8-9H2,1-3H3,(H3,15,16). The topological polar surface area (TPSA) is 59.1 Å². The Hall–Kier alpha value is -1.16. The van der Waals surface area contributed by atoms with Crippen molar-refractivity contribution in [1.29, 1.82) is 5.41 Å². The lowest BCUT2D eigenvalue weighted by Crippen LogP contribution is -2.30. The molecule has 0 bridgehead atoms. The van der Waals surface area contributed by atoms with Crippen LogP contribution >= 0.6 is 11.8 Å². The van der Waals surface area contributed by atoms with Crippen LogP contribution in [0.2, 0.25) is 0 Å². The number of benzene rings is 1. The van der Waals surface area contributed by atoms with Crippen LogP contribution in [-0.2, 0) is 0 Å². The molecule has 1 rings (SSSR count). The van der Waals surface area contributed by atoms with Gasteiger partial charge in [0.05, 0.1) is 12.9 Å². The second-order valence-electron chi connectivity index (χ2n) is 4.93. The molecule has 0 spiro atoms. The molecule has 0 amide bonds. The van der Waals surface area contributed by atoms with E-state index < -0.39 is 0 Å². The zero-order chi connectivity index (χ0) is 13.6. The maximum atomic E-state index is 7.50. The van der Waals surface area contributed by atoms with Crippen LogP contribution in [0.15, 0.2) is 29.2 Å². The molecule has 1 aromatic carbocycles. The van der Waals surface area contributed by atoms with E-state index in [9.17, 15) is 0 Å². The van der Waals surface area contributed by atoms with Gasteiger partial charge in [0.25, 0.3) is 0 Å². The highest BCUT2D eigenvalue weighted by Crippen LogP contribution is 2.27. The van der Waals surface area contributed by atoms with Gasteiger partial charge in [0.15, 0.2) is 0 Å². The third-order valence-electron chi connectivity index (χ3n) is 2.99. The molecule has 0 aliphatic heterocycles. The highest BCUT2D eigenvalue weighted by Gasteiger charge is 2.20. The maximum Gasteiger partial charge on any atom is 0.119 e. The van der Waals surface area contributed by atoms with E-state index in [1.54, 1.807) is 7.11 Å². The van der Waals surface area contributed by atoms with Gasteiger partial charge >= 0.3 is 0 Å². The van der Waals surface area contributed by atoms with Gasteiger partial charge in [-0.05, 0) is 36.8 Å². The van der Waals surface area contributed by atoms with Gasteiger partial charge in [-0.3, -0.25) is 5.41 Å². The van der Waals surface area contributed by atoms with Crippen LogP contribution in [0.25, 0.3) is 0 Å². The predicted molar refractivity (Wildman–Crippen MR) is 78.6 cm³/mol. The van der Waals surface area contributed by atoms with Gasteiger partial charge in [0.1, 0.15) is 5.75 Å². The van der Waals surface area contributed by atoms with Crippen LogP contribution < -0.4 is 10.5 Å². The number of nitrogens with two attached hydrogens (primary N) is 1. The highest BCUT2D eigenvalue weighted by molar-refractivity contribution is 7.99. The lowest BCUT2D eigenvalue weighted by atomic mass is 9.87. The Morgan fingerprint density at radius 2 is 2.17 bits per heavy atom. The smallest absolute Gasteiger partial charge is 0.119 e. The van der Waals surface area contributed by atoms with Crippen LogP contribution in [0.1, 0.15) is 26.7 Å². The van der Waals surface area contributed by atoms with Crippen molar-refractivity contribution in [2.24, 2.45) is 11.1 Å². The second kappa shape index (κ2) is 6.69. The molecule has 0 heterocycles. The van der Waals surface area contributed by atoms with E-state index >= 15 is 0 Å². The van der Waals surface area contributed by atoms with E-state index in [1.165, 1.54) is 4.90 Å². The summed E-state index contributed by atoms with van der Waals surface area (Å²) in [6, 6.07) is 8.08. The number of thioether (sulfide) groups is 1. The van der Waals surface area contributed by atoms with E-state index in [-0.39, 0.29) is 11.3 Å². The van der Waals surface area contributed by atoms with E-state index in [2.05, 4.69) is 6.07 Å². The fourth-order valence-corrected chi connectivity index (χ4v) is 2.43. The number of hydrogen-bond acceptors (Lipinski definition) is 3. The fourth-order valence-electron chi connectivity index (χ4n) is 1.53. The molecule has 0 aliphatic rings. The van der Waals surface area contributed by atoms with Gasteiger partial charge in [0, 0.05) is 10.3 Å². The van der Waals surface area contributed by atoms with Crippen LogP contribution in [0.4, 0.5) is 0 Å². The Bertz CT molecular complexity index is 405. The van der Waals surface area contributed by atoms with Crippen molar-refractivity contribution in [3.8, 4) is 5.75 Å². The minimum absolute atomic E-state index is 0.186. The van der Waals surface area contributed by atoms with Crippen LogP contribution in [0.3, 0.4) is 0 Å². The Morgan fingerprint density at radius 3 is 2.78 bits per heavy atom. The first-order valence-corrected chi connectivity index (χ1v) is 7.05. The molecule has 3 nitrogen and oxygen atoms in total. The Balaban J connectivity index is 2.36. The highest BCUT2D eigenvalue weighted by atomic mass is 32.2. The minimum atomic E-state index is -0.186. The molecular formula is C14H22N2OS. The fraction of sp³-hybridized carbons (Fsp3) is 0.500. The van der Waals surface area contributed by atoms with Crippen molar-refractivity contribution < 1.29 is 4.74 Å². The molecule has 0 aliphatic carbocycles. The molecule has 0 saturated carbocycles. The van der Waals surface area contributed by atoms with E-state index in [0.717, 1.165) is 24.3 Å². The number of rotatable bonds is 7. The molecule has 0 unspecified atom stereocenters. The van der Waals surface area contributed by atoms with E-state index in [1.807, 2.05) is 43.8 Å². The quantitative estimate of drug-likeness (QED) is 0.343. The summed E-state index contributed by atoms with van der Waals surface area (Å²) in [5.41, 5.74) is 5.38. The number of methoxy groups -OCH3 is 1. The molecule has 3 N–H and O–H groups in total. The summed E-state index contributed by atoms with van der Waals surface area (Å²) in [6.45, 7) is 4.04. The predicted octanol–water partition coefficient (Wildman–Crippen LogP) is 3.53. The lowest BCUT2D eigenvalue weighted by molar-refractivity contribution is 0.413. The Labute approximate surface area is 114 Å². The van der Waals surface area contributed by atoms with Gasteiger partial charge < -0.3 is 10.5 Å². The summed E-state index contributed by atoms with van der Waals surface area (Å²) in [4.78, 5) is 1.22. The minimum Gasteiger partial charge on any atom is -0.497 e. The molecular weight excluding hydrogens is 244 g/mol. The number of ether oxygens (including phenoxy) is 1. The summed E-state index contributed by atoms with van der Waals surface area (Å²) < 4.78 is 5.19. The summed E-state index contributed by atoms with van der Waals surface area (Å²) >= 11 is 1.81. The third kappa shape index (κ3) is 4.61. The first-order valence-electron chi connectivity index (χ1n) is 6.07. The first kappa shape index (κ1) is 14.9. The summed E-state index contributed by atoms with van der Waals surface area (Å²) in [5, 5.41) is 7.50. The van der Waals surface area contributed by atoms with Crippen LogP contribution in [0, 0.1) is 10.8 Å². The van der Waals surface area contributed by atoms with Gasteiger partial charge in [-0.2, -0.15) is 0 Å². The molecule has 4 heteroatoms. The van der Waals surface area contributed by atoms with Crippen molar-refractivity contribution in [3.05, 3.63) is 24.3 Å². The normalized spacial score (nSPS) is 11.3. The summed E-state index contributed by atoms with van der Waals surface area (Å²) in [6.07, 6.45) is 1.99. The van der Waals surface area contributed by atoms with Gasteiger partial charge in [-0.1, -0.05) is 19.9 Å². The first-order chi connectivity index (χ1) is 8.45. The SMILES string of the molecule is COc1cccc(SCCCC(C)(C)C(=N)N)c1. The monoisotopic (exact) mass is 266 g/mol. The largest absolute Gasteiger partial charge is 0.497 e. The van der Waals surface area contributed by atoms with Crippen molar-refractivity contribution in [2.75, 3.05) is 12.9 Å². The number of hydrogen-bond donors (Lipinski definition) is 2. The van der Waals surface area contributed by atoms with Gasteiger partial charge in [0.2, 0.25) is 0 Å². The van der Waals surface area contributed by atoms with E-state index in [4.69, 9.17) is 15.9 Å². The maximum absolute atomic E-state index is 7.50. The average Bonchev–Trinajstić information content (AvgIpc) is 2.35. The molecule has 1 aromatic rings. The van der Waals surface area contributed by atoms with Crippen molar-refractivity contribution in [3.63, 3.8) is 0 Å². The zero-order valence-electron chi connectivity index (χ0n) is 11.3. The van der Waals surface area contributed by atoms with Crippen molar-refractivity contribution >= 4 is 17.6 Å². The van der Waals surface area contributed by atoms with Crippen LogP contribution in [-0.4, -0.2) is 18.7 Å². The molecule has 0 atom stereocenters. The molecule has 100 valence electrons. The number of nitrogens with one attached hydrogen (secondary N) is 1. The molecule has 0 fully saturated rings. The Kier molecular flexibility index (Phi) is 5.54. The summed E-state index contributed by atoms with van der Waals surface area (Å²) in [7, 11) is 1.68. The lowest BCUT2D eigenvalue weighted by Gasteiger charge is -2.22. The molecule has 0 radical (unpaired) electrons. The summed E-state index contributed by atoms with van der Waals surface area (Å²) in [5.74, 6) is 2.20. The van der Waals surface area contributed by atoms with E-state index in [0.29, 0.717) is 0 Å². The van der Waals surface area contributed by atoms with Crippen molar-refractivity contribution in [2.45, 2.75) is 31.6 Å². The zero-order valence-corrected chi connectivity index (χ0v) is 12.1. The Morgan fingerprint density at radius 1 is 1.44 bits per heavy atom. The molecule has 0 saturated heterocycles. The average molecular weight is 266 g/mol.